The zero-order chi connectivity index (χ0) is 16.7. The number of hydrogen-bond acceptors (Lipinski definition) is 4. The molecule has 1 aromatic carbocycles. The number of carbonyl (C=O) groups excluding carboxylic acids is 2. The van der Waals surface area contributed by atoms with Crippen LogP contribution in [0.25, 0.3) is 0 Å². The molecule has 23 heavy (non-hydrogen) atoms. The van der Waals surface area contributed by atoms with E-state index in [2.05, 4.69) is 10.6 Å². The molecule has 1 saturated heterocycles. The fourth-order valence-corrected chi connectivity index (χ4v) is 2.37. The molecule has 0 spiro atoms. The van der Waals surface area contributed by atoms with Gasteiger partial charge >= 0.3 is 12.0 Å². The summed E-state index contributed by atoms with van der Waals surface area (Å²) in [5.74, 6) is -0.116. The number of rotatable bonds is 5. The zero-order valence-electron chi connectivity index (χ0n) is 13.6. The van der Waals surface area contributed by atoms with Gasteiger partial charge in [-0.1, -0.05) is 6.07 Å². The highest BCUT2D eigenvalue weighted by Crippen LogP contribution is 2.16. The number of anilines is 1. The van der Waals surface area contributed by atoms with Crippen LogP contribution in [0.2, 0.25) is 0 Å². The van der Waals surface area contributed by atoms with E-state index in [1.54, 1.807) is 24.3 Å². The molecule has 0 aromatic heterocycles. The molecule has 6 nitrogen and oxygen atoms in total. The molecule has 1 atom stereocenters. The van der Waals surface area contributed by atoms with E-state index >= 15 is 0 Å². The number of ether oxygens (including phenoxy) is 2. The van der Waals surface area contributed by atoms with E-state index in [0.717, 1.165) is 19.4 Å². The van der Waals surface area contributed by atoms with Crippen LogP contribution in [0.15, 0.2) is 24.3 Å². The third kappa shape index (κ3) is 5.90. The normalized spacial score (nSPS) is 17.6. The van der Waals surface area contributed by atoms with Crippen molar-refractivity contribution in [2.75, 3.05) is 25.1 Å². The molecule has 2 amide bonds. The number of urea groups is 1. The Morgan fingerprint density at radius 3 is 2.91 bits per heavy atom. The maximum absolute atomic E-state index is 12.1. The fourth-order valence-electron chi connectivity index (χ4n) is 2.37. The van der Waals surface area contributed by atoms with E-state index < -0.39 is 0 Å². The molecule has 2 N–H and O–H groups in total. The molecule has 6 heteroatoms. The van der Waals surface area contributed by atoms with Crippen molar-refractivity contribution in [3.05, 3.63) is 29.8 Å². The Morgan fingerprint density at radius 2 is 2.22 bits per heavy atom. The Morgan fingerprint density at radius 1 is 1.39 bits per heavy atom. The molecule has 0 unspecified atom stereocenters. The summed E-state index contributed by atoms with van der Waals surface area (Å²) in [6, 6.07) is 6.47. The summed E-state index contributed by atoms with van der Waals surface area (Å²) in [7, 11) is 0. The van der Waals surface area contributed by atoms with Crippen molar-refractivity contribution < 1.29 is 19.1 Å². The summed E-state index contributed by atoms with van der Waals surface area (Å²) in [6.07, 6.45) is 2.02. The van der Waals surface area contributed by atoms with Gasteiger partial charge in [0, 0.05) is 24.3 Å². The molecule has 1 aliphatic rings. The third-order valence-electron chi connectivity index (χ3n) is 3.48. The van der Waals surface area contributed by atoms with Crippen molar-refractivity contribution in [2.45, 2.75) is 32.7 Å². The average Bonchev–Trinajstić information content (AvgIpc) is 2.53. The largest absolute Gasteiger partial charge is 0.462 e. The minimum Gasteiger partial charge on any atom is -0.462 e. The first-order valence-electron chi connectivity index (χ1n) is 7.97. The Hall–Kier alpha value is -2.08. The van der Waals surface area contributed by atoms with E-state index in [4.69, 9.17) is 9.47 Å². The predicted molar refractivity (Wildman–Crippen MR) is 87.6 cm³/mol. The van der Waals surface area contributed by atoms with Gasteiger partial charge in [0.2, 0.25) is 0 Å². The Balaban J connectivity index is 1.87. The van der Waals surface area contributed by atoms with Crippen molar-refractivity contribution >= 4 is 17.7 Å². The fraction of sp³-hybridized carbons (Fsp3) is 0.529. The van der Waals surface area contributed by atoms with Gasteiger partial charge in [0.1, 0.15) is 0 Å². The summed E-state index contributed by atoms with van der Waals surface area (Å²) in [6.45, 7) is 5.55. The Kier molecular flexibility index (Phi) is 6.40. The van der Waals surface area contributed by atoms with E-state index in [1.807, 2.05) is 13.8 Å². The molecule has 1 aromatic rings. The summed E-state index contributed by atoms with van der Waals surface area (Å²) >= 11 is 0. The van der Waals surface area contributed by atoms with E-state index in [0.29, 0.717) is 24.5 Å². The molecule has 126 valence electrons. The highest BCUT2D eigenvalue weighted by Gasteiger charge is 2.17. The summed E-state index contributed by atoms with van der Waals surface area (Å²) in [4.78, 5) is 23.8. The molecule has 0 bridgehead atoms. The van der Waals surface area contributed by atoms with Crippen molar-refractivity contribution in [3.63, 3.8) is 0 Å². The molecular formula is C17H24N2O4. The monoisotopic (exact) mass is 320 g/mol. The summed E-state index contributed by atoms with van der Waals surface area (Å²) in [5, 5.41) is 5.42. The lowest BCUT2D eigenvalue weighted by Gasteiger charge is -2.21. The number of nitrogens with one attached hydrogen (secondary N) is 2. The summed E-state index contributed by atoms with van der Waals surface area (Å²) < 4.78 is 10.7. The maximum Gasteiger partial charge on any atom is 0.338 e. The second kappa shape index (κ2) is 8.53. The van der Waals surface area contributed by atoms with Crippen molar-refractivity contribution in [1.82, 2.24) is 5.32 Å². The van der Waals surface area contributed by atoms with Gasteiger partial charge in [0.05, 0.1) is 18.8 Å². The topological polar surface area (TPSA) is 76.7 Å². The molecule has 0 aliphatic carbocycles. The van der Waals surface area contributed by atoms with Gasteiger partial charge in [0.25, 0.3) is 0 Å². The SMILES string of the molecule is CC(C)NC(=O)Nc1cccc(C(=O)OC[C@H]2CCCOC2)c1. The van der Waals surface area contributed by atoms with Gasteiger partial charge in [0.15, 0.2) is 0 Å². The van der Waals surface area contributed by atoms with Gasteiger partial charge in [-0.05, 0) is 44.9 Å². The highest BCUT2D eigenvalue weighted by molar-refractivity contribution is 5.94. The van der Waals surface area contributed by atoms with Gasteiger partial charge in [-0.25, -0.2) is 9.59 Å². The molecule has 0 radical (unpaired) electrons. The van der Waals surface area contributed by atoms with Crippen LogP contribution in [0, 0.1) is 5.92 Å². The number of hydrogen-bond donors (Lipinski definition) is 2. The Labute approximate surface area is 136 Å². The lowest BCUT2D eigenvalue weighted by atomic mass is 10.0. The molecule has 1 aliphatic heterocycles. The van der Waals surface area contributed by atoms with Crippen LogP contribution in [-0.2, 0) is 9.47 Å². The molecule has 1 heterocycles. The molecule has 0 saturated carbocycles. The Bertz CT molecular complexity index is 539. The first-order chi connectivity index (χ1) is 11.0. The maximum atomic E-state index is 12.1. The smallest absolute Gasteiger partial charge is 0.338 e. The van der Waals surface area contributed by atoms with Gasteiger partial charge in [-0.15, -0.1) is 0 Å². The van der Waals surface area contributed by atoms with Gasteiger partial charge in [-0.2, -0.15) is 0 Å². The second-order valence-corrected chi connectivity index (χ2v) is 6.02. The standard InChI is InChI=1S/C17H24N2O4/c1-12(2)18-17(21)19-15-7-3-6-14(9-15)16(20)23-11-13-5-4-8-22-10-13/h3,6-7,9,12-13H,4-5,8,10-11H2,1-2H3,(H2,18,19,21)/t13-/m0/s1. The number of esters is 1. The number of amides is 2. The lowest BCUT2D eigenvalue weighted by Crippen LogP contribution is -2.34. The average molecular weight is 320 g/mol. The molecule has 1 fully saturated rings. The van der Waals surface area contributed by atoms with Gasteiger partial charge < -0.3 is 20.1 Å². The molecule has 2 rings (SSSR count). The first kappa shape index (κ1) is 17.3. The summed E-state index contributed by atoms with van der Waals surface area (Å²) in [5.41, 5.74) is 0.975. The van der Waals surface area contributed by atoms with Crippen LogP contribution in [0.3, 0.4) is 0 Å². The van der Waals surface area contributed by atoms with E-state index in [1.165, 1.54) is 0 Å². The predicted octanol–water partition coefficient (Wildman–Crippen LogP) is 2.80. The number of carbonyl (C=O) groups is 2. The zero-order valence-corrected chi connectivity index (χ0v) is 13.6. The third-order valence-corrected chi connectivity index (χ3v) is 3.48. The van der Waals surface area contributed by atoms with Crippen LogP contribution in [0.5, 0.6) is 0 Å². The van der Waals surface area contributed by atoms with E-state index in [-0.39, 0.29) is 24.0 Å². The lowest BCUT2D eigenvalue weighted by molar-refractivity contribution is 0.00860. The van der Waals surface area contributed by atoms with Crippen molar-refractivity contribution in [2.24, 2.45) is 5.92 Å². The van der Waals surface area contributed by atoms with Crippen LogP contribution in [-0.4, -0.2) is 37.9 Å². The minimum absolute atomic E-state index is 0.0425. The highest BCUT2D eigenvalue weighted by atomic mass is 16.5. The second-order valence-electron chi connectivity index (χ2n) is 6.02. The van der Waals surface area contributed by atoms with E-state index in [9.17, 15) is 9.59 Å². The van der Waals surface area contributed by atoms with Gasteiger partial charge in [-0.3, -0.25) is 0 Å². The van der Waals surface area contributed by atoms with Crippen molar-refractivity contribution in [1.29, 1.82) is 0 Å². The van der Waals surface area contributed by atoms with Crippen molar-refractivity contribution in [3.8, 4) is 0 Å². The molecular weight excluding hydrogens is 296 g/mol. The van der Waals surface area contributed by atoms with Crippen LogP contribution in [0.1, 0.15) is 37.0 Å². The first-order valence-corrected chi connectivity index (χ1v) is 7.97. The van der Waals surface area contributed by atoms with Crippen LogP contribution >= 0.6 is 0 Å². The number of benzene rings is 1. The quantitative estimate of drug-likeness (QED) is 0.818. The van der Waals surface area contributed by atoms with Crippen LogP contribution in [0.4, 0.5) is 10.5 Å². The minimum atomic E-state index is -0.386. The van der Waals surface area contributed by atoms with Crippen LogP contribution < -0.4 is 10.6 Å².